The maximum absolute atomic E-state index is 11.9. The average Bonchev–Trinajstić information content (AvgIpc) is 2.84. The van der Waals surface area contributed by atoms with Crippen molar-refractivity contribution in [2.24, 2.45) is 0 Å². The van der Waals surface area contributed by atoms with E-state index in [0.717, 1.165) is 0 Å². The minimum Gasteiger partial charge on any atom is -0.272 e. The van der Waals surface area contributed by atoms with Gasteiger partial charge in [0.1, 0.15) is 0 Å². The van der Waals surface area contributed by atoms with Crippen molar-refractivity contribution in [3.63, 3.8) is 0 Å². The molecule has 1 aromatic rings. The molecule has 0 aromatic heterocycles. The molecule has 2 amide bonds. The van der Waals surface area contributed by atoms with E-state index in [1.165, 1.54) is 23.9 Å². The van der Waals surface area contributed by atoms with Gasteiger partial charge in [0, 0.05) is 10.3 Å². The molecule has 2 N–H and O–H groups in total. The molecule has 1 fully saturated rings. The van der Waals surface area contributed by atoms with E-state index in [4.69, 9.17) is 23.2 Å². The molecular weight excluding hydrogens is 383 g/mol. The Bertz CT molecular complexity index is 725. The van der Waals surface area contributed by atoms with E-state index in [0.29, 0.717) is 11.4 Å². The number of sulfone groups is 1. The number of halogens is 2. The van der Waals surface area contributed by atoms with Gasteiger partial charge in [0.15, 0.2) is 9.84 Å². The maximum Gasteiger partial charge on any atom is 0.271 e. The first-order chi connectivity index (χ1) is 10.8. The number of thioether (sulfide) groups is 1. The number of benzene rings is 1. The molecule has 1 atom stereocenters. The number of amides is 2. The number of hydrogen-bond acceptors (Lipinski definition) is 5. The minimum absolute atomic E-state index is 0.0593. The van der Waals surface area contributed by atoms with Crippen LogP contribution in [0.4, 0.5) is 0 Å². The van der Waals surface area contributed by atoms with Crippen LogP contribution in [0.3, 0.4) is 0 Å². The van der Waals surface area contributed by atoms with Gasteiger partial charge in [-0.1, -0.05) is 23.2 Å². The number of hydrogen-bond donors (Lipinski definition) is 2. The third-order valence-electron chi connectivity index (χ3n) is 3.13. The van der Waals surface area contributed by atoms with Gasteiger partial charge in [0.2, 0.25) is 5.91 Å². The molecule has 1 saturated heterocycles. The van der Waals surface area contributed by atoms with Crippen LogP contribution in [0, 0.1) is 0 Å². The van der Waals surface area contributed by atoms with Gasteiger partial charge in [-0.2, -0.15) is 0 Å². The molecule has 10 heteroatoms. The summed E-state index contributed by atoms with van der Waals surface area (Å²) in [5, 5.41) is 0.486. The molecule has 0 spiro atoms. The van der Waals surface area contributed by atoms with Crippen molar-refractivity contribution in [2.45, 2.75) is 11.7 Å². The highest BCUT2D eigenvalue weighted by molar-refractivity contribution is 8.02. The molecule has 6 nitrogen and oxygen atoms in total. The third kappa shape index (κ3) is 5.56. The first kappa shape index (κ1) is 18.4. The number of carbonyl (C=O) groups is 2. The number of carbonyl (C=O) groups excluding carboxylic acids is 2. The molecule has 1 aliphatic heterocycles. The Morgan fingerprint density at radius 3 is 2.65 bits per heavy atom. The van der Waals surface area contributed by atoms with Crippen molar-refractivity contribution in [3.05, 3.63) is 33.8 Å². The molecule has 2 rings (SSSR count). The van der Waals surface area contributed by atoms with Crippen LogP contribution in [-0.2, 0) is 14.6 Å². The standard InChI is InChI=1S/C13H14Cl2N2O4S2/c14-8-1-2-11(15)10(5-8)13(19)17-16-12(18)6-22-9-3-4-23(20,21)7-9/h1-2,5,9H,3-4,6-7H2,(H,16,18)(H,17,19)/t9-/m0/s1. The lowest BCUT2D eigenvalue weighted by atomic mass is 10.2. The summed E-state index contributed by atoms with van der Waals surface area (Å²) in [6.07, 6.45) is 0.546. The van der Waals surface area contributed by atoms with E-state index in [2.05, 4.69) is 10.9 Å². The fourth-order valence-electron chi connectivity index (χ4n) is 1.99. The van der Waals surface area contributed by atoms with Gasteiger partial charge < -0.3 is 0 Å². The van der Waals surface area contributed by atoms with Gasteiger partial charge in [-0.15, -0.1) is 11.8 Å². The SMILES string of the molecule is O=C(CS[C@H]1CCS(=O)(=O)C1)NNC(=O)c1cc(Cl)ccc1Cl. The van der Waals surface area contributed by atoms with Crippen molar-refractivity contribution >= 4 is 56.6 Å². The summed E-state index contributed by atoms with van der Waals surface area (Å²) in [5.41, 5.74) is 4.65. The Balaban J connectivity index is 1.78. The summed E-state index contributed by atoms with van der Waals surface area (Å²) in [7, 11) is -2.96. The van der Waals surface area contributed by atoms with Crippen LogP contribution in [-0.4, -0.2) is 42.7 Å². The molecule has 0 bridgehead atoms. The van der Waals surface area contributed by atoms with Crippen LogP contribution in [0.5, 0.6) is 0 Å². The Hall–Kier alpha value is -0.960. The summed E-state index contributed by atoms with van der Waals surface area (Å²) in [6.45, 7) is 0. The van der Waals surface area contributed by atoms with Crippen molar-refractivity contribution in [2.75, 3.05) is 17.3 Å². The molecule has 0 unspecified atom stereocenters. The fraction of sp³-hybridized carbons (Fsp3) is 0.385. The molecule has 0 radical (unpaired) electrons. The number of hydrazine groups is 1. The van der Waals surface area contributed by atoms with Crippen LogP contribution < -0.4 is 10.9 Å². The normalized spacial score (nSPS) is 19.3. The zero-order valence-electron chi connectivity index (χ0n) is 11.8. The van der Waals surface area contributed by atoms with Crippen molar-refractivity contribution < 1.29 is 18.0 Å². The second kappa shape index (κ2) is 7.74. The van der Waals surface area contributed by atoms with E-state index in [1.807, 2.05) is 0 Å². The second-order valence-corrected chi connectivity index (χ2v) is 9.32. The Labute approximate surface area is 148 Å². The Morgan fingerprint density at radius 2 is 2.00 bits per heavy atom. The molecular formula is C13H14Cl2N2O4S2. The highest BCUT2D eigenvalue weighted by Crippen LogP contribution is 2.24. The van der Waals surface area contributed by atoms with Crippen molar-refractivity contribution in [3.8, 4) is 0 Å². The monoisotopic (exact) mass is 396 g/mol. The zero-order valence-corrected chi connectivity index (χ0v) is 15.0. The third-order valence-corrected chi connectivity index (χ3v) is 6.98. The highest BCUT2D eigenvalue weighted by Gasteiger charge is 2.28. The first-order valence-electron chi connectivity index (χ1n) is 6.63. The topological polar surface area (TPSA) is 92.3 Å². The lowest BCUT2D eigenvalue weighted by molar-refractivity contribution is -0.119. The smallest absolute Gasteiger partial charge is 0.271 e. The number of rotatable bonds is 4. The lowest BCUT2D eigenvalue weighted by Gasteiger charge is -2.10. The van der Waals surface area contributed by atoms with E-state index >= 15 is 0 Å². The average molecular weight is 397 g/mol. The predicted octanol–water partition coefficient (Wildman–Crippen LogP) is 1.67. The first-order valence-corrected chi connectivity index (χ1v) is 10.3. The second-order valence-electron chi connectivity index (χ2n) is 4.96. The van der Waals surface area contributed by atoms with Gasteiger partial charge in [-0.25, -0.2) is 8.42 Å². The van der Waals surface area contributed by atoms with Gasteiger partial charge in [-0.3, -0.25) is 20.4 Å². The Morgan fingerprint density at radius 1 is 1.26 bits per heavy atom. The zero-order chi connectivity index (χ0) is 17.0. The molecule has 1 aromatic carbocycles. The maximum atomic E-state index is 11.9. The molecule has 126 valence electrons. The summed E-state index contributed by atoms with van der Waals surface area (Å²) >= 11 is 12.9. The van der Waals surface area contributed by atoms with Crippen LogP contribution in [0.25, 0.3) is 0 Å². The largest absolute Gasteiger partial charge is 0.272 e. The van der Waals surface area contributed by atoms with E-state index < -0.39 is 21.7 Å². The van der Waals surface area contributed by atoms with Gasteiger partial charge in [0.05, 0.1) is 27.8 Å². The number of nitrogens with one attached hydrogen (secondary N) is 2. The molecule has 0 aliphatic carbocycles. The van der Waals surface area contributed by atoms with Crippen LogP contribution in [0.1, 0.15) is 16.8 Å². The van der Waals surface area contributed by atoms with E-state index in [-0.39, 0.29) is 33.1 Å². The van der Waals surface area contributed by atoms with Crippen molar-refractivity contribution in [1.29, 1.82) is 0 Å². The van der Waals surface area contributed by atoms with E-state index in [1.54, 1.807) is 6.07 Å². The van der Waals surface area contributed by atoms with Crippen LogP contribution in [0.2, 0.25) is 10.0 Å². The molecule has 1 heterocycles. The van der Waals surface area contributed by atoms with E-state index in [9.17, 15) is 18.0 Å². The minimum atomic E-state index is -2.96. The summed E-state index contributed by atoms with van der Waals surface area (Å²) in [6, 6.07) is 4.42. The van der Waals surface area contributed by atoms with Crippen LogP contribution in [0.15, 0.2) is 18.2 Å². The quantitative estimate of drug-likeness (QED) is 0.755. The predicted molar refractivity (Wildman–Crippen MR) is 91.6 cm³/mol. The van der Waals surface area contributed by atoms with Crippen molar-refractivity contribution in [1.82, 2.24) is 10.9 Å². The lowest BCUT2D eigenvalue weighted by Crippen LogP contribution is -2.42. The summed E-state index contributed by atoms with van der Waals surface area (Å²) in [4.78, 5) is 23.6. The summed E-state index contributed by atoms with van der Waals surface area (Å²) in [5.74, 6) is -0.694. The van der Waals surface area contributed by atoms with Crippen LogP contribution >= 0.6 is 35.0 Å². The fourth-order valence-corrected chi connectivity index (χ4v) is 5.81. The molecule has 23 heavy (non-hydrogen) atoms. The summed E-state index contributed by atoms with van der Waals surface area (Å²) < 4.78 is 22.6. The highest BCUT2D eigenvalue weighted by atomic mass is 35.5. The van der Waals surface area contributed by atoms with Gasteiger partial charge in [0.25, 0.3) is 5.91 Å². The van der Waals surface area contributed by atoms with Gasteiger partial charge in [-0.05, 0) is 24.6 Å². The van der Waals surface area contributed by atoms with Gasteiger partial charge >= 0.3 is 0 Å². The molecule has 1 aliphatic rings. The molecule has 0 saturated carbocycles. The Kier molecular flexibility index (Phi) is 6.19.